The van der Waals surface area contributed by atoms with Crippen molar-refractivity contribution in [1.82, 2.24) is 15.1 Å². The van der Waals surface area contributed by atoms with Crippen LogP contribution in [-0.4, -0.2) is 54.2 Å². The first-order valence-corrected chi connectivity index (χ1v) is 7.47. The van der Waals surface area contributed by atoms with Gasteiger partial charge in [0.2, 0.25) is 18.2 Å². The molecule has 1 aromatic heterocycles. The highest BCUT2D eigenvalue weighted by Crippen LogP contribution is 2.40. The van der Waals surface area contributed by atoms with E-state index in [1.807, 2.05) is 0 Å². The van der Waals surface area contributed by atoms with E-state index >= 15 is 0 Å². The van der Waals surface area contributed by atoms with Crippen molar-refractivity contribution in [1.29, 1.82) is 0 Å². The van der Waals surface area contributed by atoms with Crippen LogP contribution >= 0.6 is 0 Å². The Morgan fingerprint density at radius 1 is 1.27 bits per heavy atom. The highest BCUT2D eigenvalue weighted by Gasteiger charge is 2.49. The highest BCUT2D eigenvalue weighted by atomic mass is 16.3. The molecule has 0 radical (unpaired) electrons. The van der Waals surface area contributed by atoms with Crippen LogP contribution in [-0.2, 0) is 20.9 Å². The van der Waals surface area contributed by atoms with Gasteiger partial charge in [-0.25, -0.2) is 0 Å². The summed E-state index contributed by atoms with van der Waals surface area (Å²) in [5.41, 5.74) is 0. The van der Waals surface area contributed by atoms with Crippen LogP contribution in [0.15, 0.2) is 22.8 Å². The minimum atomic E-state index is -0.230. The topological polar surface area (TPSA) is 82.9 Å². The summed E-state index contributed by atoms with van der Waals surface area (Å²) < 4.78 is 5.15. The Bertz CT molecular complexity index is 549. The molecule has 118 valence electrons. The molecule has 1 N–H and O–H groups in total. The zero-order valence-electron chi connectivity index (χ0n) is 12.2. The Morgan fingerprint density at radius 2 is 2.05 bits per heavy atom. The summed E-state index contributed by atoms with van der Waals surface area (Å²) in [6, 6.07) is 3.56. The van der Waals surface area contributed by atoms with Crippen molar-refractivity contribution in [2.75, 3.05) is 26.2 Å². The van der Waals surface area contributed by atoms with Gasteiger partial charge in [0.25, 0.3) is 0 Å². The molecule has 2 unspecified atom stereocenters. The lowest BCUT2D eigenvalue weighted by molar-refractivity contribution is -0.137. The summed E-state index contributed by atoms with van der Waals surface area (Å²) in [4.78, 5) is 38.4. The first kappa shape index (κ1) is 14.6. The van der Waals surface area contributed by atoms with Crippen LogP contribution in [0.3, 0.4) is 0 Å². The Hall–Kier alpha value is -2.31. The number of nitrogens with zero attached hydrogens (tertiary/aromatic N) is 2. The largest absolute Gasteiger partial charge is 0.467 e. The van der Waals surface area contributed by atoms with Crippen LogP contribution < -0.4 is 5.32 Å². The summed E-state index contributed by atoms with van der Waals surface area (Å²) >= 11 is 0. The van der Waals surface area contributed by atoms with Gasteiger partial charge in [-0.1, -0.05) is 0 Å². The molecule has 1 aliphatic carbocycles. The van der Waals surface area contributed by atoms with E-state index in [-0.39, 0.29) is 23.7 Å². The molecule has 2 heterocycles. The van der Waals surface area contributed by atoms with Crippen LogP contribution in [0.25, 0.3) is 0 Å². The first-order valence-electron chi connectivity index (χ1n) is 7.47. The van der Waals surface area contributed by atoms with Gasteiger partial charge in [-0.05, 0) is 18.6 Å². The molecular weight excluding hydrogens is 286 g/mol. The van der Waals surface area contributed by atoms with Crippen LogP contribution in [0.2, 0.25) is 0 Å². The van der Waals surface area contributed by atoms with Gasteiger partial charge in [0.15, 0.2) is 0 Å². The monoisotopic (exact) mass is 305 g/mol. The average Bonchev–Trinajstić information content (AvgIpc) is 3.19. The quantitative estimate of drug-likeness (QED) is 0.766. The molecule has 1 saturated heterocycles. The molecule has 1 saturated carbocycles. The van der Waals surface area contributed by atoms with E-state index in [4.69, 9.17) is 4.42 Å². The second-order valence-corrected chi connectivity index (χ2v) is 5.71. The number of carbonyl (C=O) groups excluding carboxylic acids is 3. The number of hydrogen-bond acceptors (Lipinski definition) is 4. The zero-order chi connectivity index (χ0) is 15.5. The summed E-state index contributed by atoms with van der Waals surface area (Å²) in [5.74, 6) is 0.192. The number of carbonyl (C=O) groups is 3. The summed E-state index contributed by atoms with van der Waals surface area (Å²) in [6.07, 6.45) is 2.98. The van der Waals surface area contributed by atoms with Crippen molar-refractivity contribution in [3.63, 3.8) is 0 Å². The van der Waals surface area contributed by atoms with Crippen molar-refractivity contribution in [2.24, 2.45) is 11.8 Å². The summed E-state index contributed by atoms with van der Waals surface area (Å²) in [5, 5.41) is 2.79. The van der Waals surface area contributed by atoms with Crippen molar-refractivity contribution >= 4 is 18.2 Å². The van der Waals surface area contributed by atoms with Gasteiger partial charge in [0, 0.05) is 26.2 Å². The predicted octanol–water partition coefficient (Wildman–Crippen LogP) is -0.167. The van der Waals surface area contributed by atoms with E-state index in [2.05, 4.69) is 5.32 Å². The molecule has 0 bridgehead atoms. The van der Waals surface area contributed by atoms with Gasteiger partial charge in [0.05, 0.1) is 24.6 Å². The third-order valence-electron chi connectivity index (χ3n) is 4.24. The fourth-order valence-electron chi connectivity index (χ4n) is 2.76. The molecule has 2 aliphatic rings. The van der Waals surface area contributed by atoms with E-state index < -0.39 is 0 Å². The molecule has 3 rings (SSSR count). The first-order chi connectivity index (χ1) is 10.7. The standard InChI is InChI=1S/C15H19N3O4/c19-10-17-3-5-18(6-4-17)15(21)13-8-12(13)14(20)16-9-11-2-1-7-22-11/h1-2,7,10,12-13H,3-6,8-9H2,(H,16,20). The van der Waals surface area contributed by atoms with Crippen molar-refractivity contribution in [3.05, 3.63) is 24.2 Å². The third kappa shape index (κ3) is 3.13. The maximum Gasteiger partial charge on any atom is 0.226 e. The molecular formula is C15H19N3O4. The average molecular weight is 305 g/mol. The highest BCUT2D eigenvalue weighted by molar-refractivity contribution is 5.92. The van der Waals surface area contributed by atoms with Gasteiger partial charge in [0.1, 0.15) is 5.76 Å². The molecule has 3 amide bonds. The number of hydrogen-bond donors (Lipinski definition) is 1. The summed E-state index contributed by atoms with van der Waals surface area (Å²) in [6.45, 7) is 2.58. The minimum Gasteiger partial charge on any atom is -0.467 e. The van der Waals surface area contributed by atoms with E-state index in [0.29, 0.717) is 44.9 Å². The Balaban J connectivity index is 1.44. The Labute approximate surface area is 128 Å². The molecule has 0 aromatic carbocycles. The predicted molar refractivity (Wildman–Crippen MR) is 76.4 cm³/mol. The zero-order valence-corrected chi connectivity index (χ0v) is 12.2. The Kier molecular flexibility index (Phi) is 4.13. The van der Waals surface area contributed by atoms with Gasteiger partial charge in [-0.2, -0.15) is 0 Å². The SMILES string of the molecule is O=CN1CCN(C(=O)C2CC2C(=O)NCc2ccco2)CC1. The number of furan rings is 1. The molecule has 1 aromatic rings. The van der Waals surface area contributed by atoms with Crippen LogP contribution in [0.1, 0.15) is 12.2 Å². The van der Waals surface area contributed by atoms with E-state index in [1.165, 1.54) is 0 Å². The van der Waals surface area contributed by atoms with Gasteiger partial charge >= 0.3 is 0 Å². The van der Waals surface area contributed by atoms with Gasteiger partial charge in [-0.3, -0.25) is 14.4 Å². The fraction of sp³-hybridized carbons (Fsp3) is 0.533. The van der Waals surface area contributed by atoms with Gasteiger partial charge < -0.3 is 19.5 Å². The lowest BCUT2D eigenvalue weighted by atomic mass is 10.2. The molecule has 0 spiro atoms. The number of nitrogens with one attached hydrogen (secondary N) is 1. The maximum atomic E-state index is 12.3. The molecule has 22 heavy (non-hydrogen) atoms. The summed E-state index contributed by atoms with van der Waals surface area (Å²) in [7, 11) is 0. The second-order valence-electron chi connectivity index (χ2n) is 5.71. The lowest BCUT2D eigenvalue weighted by Gasteiger charge is -2.32. The molecule has 7 nitrogen and oxygen atoms in total. The van der Waals surface area contributed by atoms with Crippen molar-refractivity contribution in [2.45, 2.75) is 13.0 Å². The van der Waals surface area contributed by atoms with E-state index in [9.17, 15) is 14.4 Å². The molecule has 2 fully saturated rings. The van der Waals surface area contributed by atoms with E-state index in [1.54, 1.807) is 28.2 Å². The van der Waals surface area contributed by atoms with Crippen LogP contribution in [0.4, 0.5) is 0 Å². The normalized spacial score (nSPS) is 24.0. The second kappa shape index (κ2) is 6.21. The number of piperazine rings is 1. The smallest absolute Gasteiger partial charge is 0.226 e. The maximum absolute atomic E-state index is 12.3. The van der Waals surface area contributed by atoms with Crippen molar-refractivity contribution < 1.29 is 18.8 Å². The molecule has 2 atom stereocenters. The number of amides is 3. The third-order valence-corrected chi connectivity index (χ3v) is 4.24. The van der Waals surface area contributed by atoms with Crippen LogP contribution in [0, 0.1) is 11.8 Å². The van der Waals surface area contributed by atoms with Crippen LogP contribution in [0.5, 0.6) is 0 Å². The fourth-order valence-corrected chi connectivity index (χ4v) is 2.76. The van der Waals surface area contributed by atoms with Crippen molar-refractivity contribution in [3.8, 4) is 0 Å². The minimum absolute atomic E-state index is 0.0312. The lowest BCUT2D eigenvalue weighted by Crippen LogP contribution is -2.48. The molecule has 1 aliphatic heterocycles. The molecule has 7 heteroatoms. The van der Waals surface area contributed by atoms with E-state index in [0.717, 1.165) is 6.41 Å². The van der Waals surface area contributed by atoms with Gasteiger partial charge in [-0.15, -0.1) is 0 Å². The Morgan fingerprint density at radius 3 is 2.68 bits per heavy atom. The number of rotatable bonds is 5.